The molecule has 0 amide bonds. The van der Waals surface area contributed by atoms with Gasteiger partial charge >= 0.3 is 0 Å². The van der Waals surface area contributed by atoms with Crippen molar-refractivity contribution in [2.45, 2.75) is 33.6 Å². The van der Waals surface area contributed by atoms with Crippen LogP contribution in [0.2, 0.25) is 0 Å². The van der Waals surface area contributed by atoms with Gasteiger partial charge in [-0.3, -0.25) is 0 Å². The zero-order valence-electron chi connectivity index (χ0n) is 13.7. The number of rotatable bonds is 6. The highest BCUT2D eigenvalue weighted by molar-refractivity contribution is 9.10. The first-order valence-corrected chi connectivity index (χ1v) is 8.39. The van der Waals surface area contributed by atoms with Crippen LogP contribution in [0.25, 0.3) is 0 Å². The van der Waals surface area contributed by atoms with Gasteiger partial charge in [-0.15, -0.1) is 0 Å². The maximum Gasteiger partial charge on any atom is 0.229 e. The average molecular weight is 363 g/mol. The highest BCUT2D eigenvalue weighted by atomic mass is 79.9. The van der Waals surface area contributed by atoms with Gasteiger partial charge in [0.05, 0.1) is 0 Å². The Morgan fingerprint density at radius 1 is 1.18 bits per heavy atom. The molecular weight excluding hydrogens is 340 g/mol. The van der Waals surface area contributed by atoms with E-state index in [2.05, 4.69) is 63.1 Å². The summed E-state index contributed by atoms with van der Waals surface area (Å²) in [6, 6.07) is 8.15. The Hall–Kier alpha value is -1.62. The molecule has 0 unspecified atom stereocenters. The molecule has 0 fully saturated rings. The van der Waals surface area contributed by atoms with Crippen LogP contribution in [0.15, 0.2) is 28.7 Å². The molecule has 1 aromatic heterocycles. The van der Waals surface area contributed by atoms with E-state index in [1.807, 2.05) is 25.1 Å². The Kier molecular flexibility index (Phi) is 5.77. The van der Waals surface area contributed by atoms with Crippen molar-refractivity contribution in [3.05, 3.63) is 40.0 Å². The predicted octanol–water partition coefficient (Wildman–Crippen LogP) is 4.84. The standard InChI is InChI=1S/C17H23BrN4/c1-5-6-9-22(4)16-11-13(3)19-17(21-16)20-14-7-8-15(18)12(2)10-14/h7-8,10-11H,5-6,9H2,1-4H3,(H,19,20,21). The summed E-state index contributed by atoms with van der Waals surface area (Å²) in [5, 5.41) is 3.29. The van der Waals surface area contributed by atoms with Crippen LogP contribution in [0, 0.1) is 13.8 Å². The Balaban J connectivity index is 2.20. The minimum atomic E-state index is 0.639. The van der Waals surface area contributed by atoms with E-state index in [1.165, 1.54) is 12.0 Å². The second kappa shape index (κ2) is 7.58. The van der Waals surface area contributed by atoms with Gasteiger partial charge in [-0.25, -0.2) is 4.98 Å². The maximum absolute atomic E-state index is 4.63. The SMILES string of the molecule is CCCCN(C)c1cc(C)nc(Nc2ccc(Br)c(C)c2)n1. The molecule has 5 heteroatoms. The van der Waals surface area contributed by atoms with Crippen LogP contribution in [0.4, 0.5) is 17.5 Å². The lowest BCUT2D eigenvalue weighted by Gasteiger charge is -2.19. The Morgan fingerprint density at radius 2 is 1.95 bits per heavy atom. The zero-order chi connectivity index (χ0) is 16.1. The number of aryl methyl sites for hydroxylation is 2. The largest absolute Gasteiger partial charge is 0.360 e. The third-order valence-corrected chi connectivity index (χ3v) is 4.38. The van der Waals surface area contributed by atoms with Crippen molar-refractivity contribution in [3.8, 4) is 0 Å². The van der Waals surface area contributed by atoms with Crippen molar-refractivity contribution in [2.75, 3.05) is 23.8 Å². The van der Waals surface area contributed by atoms with Gasteiger partial charge in [0.25, 0.3) is 0 Å². The highest BCUT2D eigenvalue weighted by Crippen LogP contribution is 2.23. The summed E-state index contributed by atoms with van der Waals surface area (Å²) in [7, 11) is 2.07. The van der Waals surface area contributed by atoms with Crippen molar-refractivity contribution in [1.29, 1.82) is 0 Å². The van der Waals surface area contributed by atoms with Crippen molar-refractivity contribution < 1.29 is 0 Å². The van der Waals surface area contributed by atoms with E-state index in [0.717, 1.165) is 34.6 Å². The fourth-order valence-corrected chi connectivity index (χ4v) is 2.41. The molecule has 0 spiro atoms. The fraction of sp³-hybridized carbons (Fsp3) is 0.412. The van der Waals surface area contributed by atoms with Crippen LogP contribution >= 0.6 is 15.9 Å². The quantitative estimate of drug-likeness (QED) is 0.798. The second-order valence-corrected chi connectivity index (χ2v) is 6.41. The van der Waals surface area contributed by atoms with Crippen molar-refractivity contribution in [2.24, 2.45) is 0 Å². The molecule has 2 rings (SSSR count). The van der Waals surface area contributed by atoms with Crippen LogP contribution in [0.1, 0.15) is 31.0 Å². The summed E-state index contributed by atoms with van der Waals surface area (Å²) in [5.41, 5.74) is 3.14. The van der Waals surface area contributed by atoms with Crippen molar-refractivity contribution in [1.82, 2.24) is 9.97 Å². The normalized spacial score (nSPS) is 10.6. The topological polar surface area (TPSA) is 41.1 Å². The number of nitrogens with one attached hydrogen (secondary N) is 1. The van der Waals surface area contributed by atoms with Gasteiger partial charge in [0, 0.05) is 35.5 Å². The summed E-state index contributed by atoms with van der Waals surface area (Å²) in [6.45, 7) is 7.26. The molecular formula is C17H23BrN4. The maximum atomic E-state index is 4.63. The summed E-state index contributed by atoms with van der Waals surface area (Å²) in [6.07, 6.45) is 2.34. The summed E-state index contributed by atoms with van der Waals surface area (Å²) in [5.74, 6) is 1.59. The molecule has 0 aliphatic carbocycles. The van der Waals surface area contributed by atoms with Crippen LogP contribution < -0.4 is 10.2 Å². The molecule has 0 radical (unpaired) electrons. The molecule has 1 heterocycles. The molecule has 0 saturated carbocycles. The van der Waals surface area contributed by atoms with Gasteiger partial charge in [-0.1, -0.05) is 29.3 Å². The van der Waals surface area contributed by atoms with E-state index in [4.69, 9.17) is 0 Å². The molecule has 118 valence electrons. The van der Waals surface area contributed by atoms with Gasteiger partial charge in [0.2, 0.25) is 5.95 Å². The van der Waals surface area contributed by atoms with E-state index >= 15 is 0 Å². The van der Waals surface area contributed by atoms with Crippen LogP contribution in [-0.4, -0.2) is 23.6 Å². The lowest BCUT2D eigenvalue weighted by atomic mass is 10.2. The van der Waals surface area contributed by atoms with Gasteiger partial charge in [0.15, 0.2) is 0 Å². The molecule has 4 nitrogen and oxygen atoms in total. The van der Waals surface area contributed by atoms with Gasteiger partial charge in [-0.2, -0.15) is 4.98 Å². The molecule has 22 heavy (non-hydrogen) atoms. The van der Waals surface area contributed by atoms with E-state index in [1.54, 1.807) is 0 Å². The second-order valence-electron chi connectivity index (χ2n) is 5.56. The molecule has 1 aromatic carbocycles. The third-order valence-electron chi connectivity index (χ3n) is 3.49. The van der Waals surface area contributed by atoms with Gasteiger partial charge < -0.3 is 10.2 Å². The minimum Gasteiger partial charge on any atom is -0.360 e. The predicted molar refractivity (Wildman–Crippen MR) is 97.1 cm³/mol. The number of unbranched alkanes of at least 4 members (excludes halogenated alkanes) is 1. The Bertz CT molecular complexity index is 643. The first-order chi connectivity index (χ1) is 10.5. The van der Waals surface area contributed by atoms with Crippen LogP contribution in [-0.2, 0) is 0 Å². The lowest BCUT2D eigenvalue weighted by molar-refractivity contribution is 0.758. The number of nitrogens with zero attached hydrogens (tertiary/aromatic N) is 3. The molecule has 1 N–H and O–H groups in total. The van der Waals surface area contributed by atoms with Gasteiger partial charge in [0.1, 0.15) is 5.82 Å². The molecule has 2 aromatic rings. The fourth-order valence-electron chi connectivity index (χ4n) is 2.16. The molecule has 0 atom stereocenters. The van der Waals surface area contributed by atoms with E-state index in [-0.39, 0.29) is 0 Å². The summed E-state index contributed by atoms with van der Waals surface area (Å²) >= 11 is 3.52. The Morgan fingerprint density at radius 3 is 2.64 bits per heavy atom. The highest BCUT2D eigenvalue weighted by Gasteiger charge is 2.07. The van der Waals surface area contributed by atoms with Crippen molar-refractivity contribution in [3.63, 3.8) is 0 Å². The van der Waals surface area contributed by atoms with Crippen LogP contribution in [0.5, 0.6) is 0 Å². The number of hydrogen-bond donors (Lipinski definition) is 1. The van der Waals surface area contributed by atoms with E-state index in [0.29, 0.717) is 5.95 Å². The van der Waals surface area contributed by atoms with E-state index in [9.17, 15) is 0 Å². The molecule has 0 saturated heterocycles. The Labute approximate surface area is 141 Å². The first kappa shape index (κ1) is 16.7. The first-order valence-electron chi connectivity index (χ1n) is 7.59. The molecule has 0 aliphatic rings. The average Bonchev–Trinajstić information content (AvgIpc) is 2.48. The number of benzene rings is 1. The minimum absolute atomic E-state index is 0.639. The third kappa shape index (κ3) is 4.44. The van der Waals surface area contributed by atoms with E-state index < -0.39 is 0 Å². The number of aromatic nitrogens is 2. The zero-order valence-corrected chi connectivity index (χ0v) is 15.2. The van der Waals surface area contributed by atoms with Crippen LogP contribution in [0.3, 0.4) is 0 Å². The number of hydrogen-bond acceptors (Lipinski definition) is 4. The summed E-state index contributed by atoms with van der Waals surface area (Å²) < 4.78 is 1.10. The molecule has 0 bridgehead atoms. The lowest BCUT2D eigenvalue weighted by Crippen LogP contribution is -2.20. The number of anilines is 3. The monoisotopic (exact) mass is 362 g/mol. The summed E-state index contributed by atoms with van der Waals surface area (Å²) in [4.78, 5) is 11.3. The number of halogens is 1. The van der Waals surface area contributed by atoms with Gasteiger partial charge in [-0.05, 0) is 44.0 Å². The smallest absolute Gasteiger partial charge is 0.229 e. The molecule has 0 aliphatic heterocycles. The van der Waals surface area contributed by atoms with Crippen molar-refractivity contribution >= 4 is 33.4 Å².